The van der Waals surface area contributed by atoms with Crippen molar-refractivity contribution >= 4 is 33.2 Å². The normalized spacial score (nSPS) is 12.8. The smallest absolute Gasteiger partial charge is 0.207 e. The Balaban J connectivity index is 3.18. The summed E-state index contributed by atoms with van der Waals surface area (Å²) < 4.78 is 26.4. The summed E-state index contributed by atoms with van der Waals surface area (Å²) in [7, 11) is -3.58. The third-order valence-corrected chi connectivity index (χ3v) is 3.76. The summed E-state index contributed by atoms with van der Waals surface area (Å²) in [6.07, 6.45) is 0. The Labute approximate surface area is 106 Å². The second-order valence-electron chi connectivity index (χ2n) is 4.46. The molecule has 90 valence electrons. The van der Waals surface area contributed by atoms with Gasteiger partial charge in [0.25, 0.3) is 0 Å². The number of benzene rings is 1. The molecule has 1 aromatic rings. The Morgan fingerprint density at radius 1 is 1.06 bits per heavy atom. The fourth-order valence-electron chi connectivity index (χ4n) is 1.15. The standard InChI is InChI=1S/C10H13Cl2NO2S/c1-10(2,3)13-16(14,15)9-5-7(11)4-8(12)6-9/h4-6,13H,1-3H3. The van der Waals surface area contributed by atoms with E-state index < -0.39 is 15.6 Å². The molecular weight excluding hydrogens is 269 g/mol. The van der Waals surface area contributed by atoms with Gasteiger partial charge in [0, 0.05) is 15.6 Å². The lowest BCUT2D eigenvalue weighted by atomic mass is 10.1. The molecule has 6 heteroatoms. The molecule has 0 unspecified atom stereocenters. The van der Waals surface area contributed by atoms with Crippen LogP contribution in [0.1, 0.15) is 20.8 Å². The average Bonchev–Trinajstić information content (AvgIpc) is 1.96. The van der Waals surface area contributed by atoms with E-state index in [0.717, 1.165) is 0 Å². The van der Waals surface area contributed by atoms with Crippen molar-refractivity contribution in [2.45, 2.75) is 31.2 Å². The topological polar surface area (TPSA) is 46.2 Å². The van der Waals surface area contributed by atoms with Crippen LogP contribution >= 0.6 is 23.2 Å². The molecule has 0 bridgehead atoms. The SMILES string of the molecule is CC(C)(C)NS(=O)(=O)c1cc(Cl)cc(Cl)c1. The van der Waals surface area contributed by atoms with Crippen LogP contribution in [-0.2, 0) is 10.0 Å². The van der Waals surface area contributed by atoms with Crippen LogP contribution in [0.4, 0.5) is 0 Å². The van der Waals surface area contributed by atoms with Gasteiger partial charge in [-0.2, -0.15) is 0 Å². The molecule has 0 saturated heterocycles. The van der Waals surface area contributed by atoms with Crippen molar-refractivity contribution in [2.75, 3.05) is 0 Å². The van der Waals surface area contributed by atoms with Crippen LogP contribution in [0.25, 0.3) is 0 Å². The van der Waals surface area contributed by atoms with Gasteiger partial charge >= 0.3 is 0 Å². The van der Waals surface area contributed by atoms with E-state index in [1.807, 2.05) is 0 Å². The molecule has 1 aromatic carbocycles. The summed E-state index contributed by atoms with van der Waals surface area (Å²) in [4.78, 5) is 0.0694. The molecule has 0 atom stereocenters. The monoisotopic (exact) mass is 281 g/mol. The van der Waals surface area contributed by atoms with Gasteiger partial charge in [-0.25, -0.2) is 13.1 Å². The molecule has 0 aliphatic carbocycles. The first kappa shape index (κ1) is 13.8. The van der Waals surface area contributed by atoms with Crippen molar-refractivity contribution in [3.63, 3.8) is 0 Å². The van der Waals surface area contributed by atoms with Crippen molar-refractivity contribution in [1.82, 2.24) is 4.72 Å². The van der Waals surface area contributed by atoms with Crippen LogP contribution < -0.4 is 4.72 Å². The van der Waals surface area contributed by atoms with Crippen molar-refractivity contribution in [3.8, 4) is 0 Å². The Kier molecular flexibility index (Phi) is 3.90. The molecule has 0 aliphatic rings. The summed E-state index contributed by atoms with van der Waals surface area (Å²) in [5.41, 5.74) is -0.548. The van der Waals surface area contributed by atoms with Gasteiger partial charge in [-0.3, -0.25) is 0 Å². The molecule has 0 spiro atoms. The third-order valence-electron chi connectivity index (χ3n) is 1.59. The van der Waals surface area contributed by atoms with Gasteiger partial charge in [0.15, 0.2) is 0 Å². The van der Waals surface area contributed by atoms with Crippen LogP contribution in [0.15, 0.2) is 23.1 Å². The lowest BCUT2D eigenvalue weighted by Crippen LogP contribution is -2.40. The molecule has 0 radical (unpaired) electrons. The van der Waals surface area contributed by atoms with Gasteiger partial charge in [-0.15, -0.1) is 0 Å². The minimum absolute atomic E-state index is 0.0694. The predicted octanol–water partition coefficient (Wildman–Crippen LogP) is 3.07. The summed E-state index contributed by atoms with van der Waals surface area (Å²) >= 11 is 11.5. The van der Waals surface area contributed by atoms with Gasteiger partial charge in [0.2, 0.25) is 10.0 Å². The molecule has 0 heterocycles. The van der Waals surface area contributed by atoms with E-state index in [2.05, 4.69) is 4.72 Å². The number of sulfonamides is 1. The first-order valence-electron chi connectivity index (χ1n) is 4.60. The highest BCUT2D eigenvalue weighted by atomic mass is 35.5. The van der Waals surface area contributed by atoms with Crippen molar-refractivity contribution < 1.29 is 8.42 Å². The maximum absolute atomic E-state index is 11.9. The zero-order valence-corrected chi connectivity index (χ0v) is 11.5. The lowest BCUT2D eigenvalue weighted by molar-refractivity contribution is 0.491. The fraction of sp³-hybridized carbons (Fsp3) is 0.400. The molecule has 1 rings (SSSR count). The molecule has 0 aromatic heterocycles. The van der Waals surface area contributed by atoms with Crippen molar-refractivity contribution in [3.05, 3.63) is 28.2 Å². The predicted molar refractivity (Wildman–Crippen MR) is 66.5 cm³/mol. The molecule has 16 heavy (non-hydrogen) atoms. The van der Waals surface area contributed by atoms with E-state index in [1.165, 1.54) is 18.2 Å². The van der Waals surface area contributed by atoms with Gasteiger partial charge in [-0.05, 0) is 39.0 Å². The fourth-order valence-corrected chi connectivity index (χ4v) is 3.29. The molecule has 1 N–H and O–H groups in total. The van der Waals surface area contributed by atoms with E-state index in [4.69, 9.17) is 23.2 Å². The molecule has 0 fully saturated rings. The maximum Gasteiger partial charge on any atom is 0.241 e. The molecule has 0 aliphatic heterocycles. The van der Waals surface area contributed by atoms with Gasteiger partial charge < -0.3 is 0 Å². The lowest BCUT2D eigenvalue weighted by Gasteiger charge is -2.20. The Bertz CT molecular complexity index is 472. The quantitative estimate of drug-likeness (QED) is 0.906. The first-order chi connectivity index (χ1) is 7.10. The van der Waals surface area contributed by atoms with E-state index in [-0.39, 0.29) is 4.90 Å². The molecule has 0 amide bonds. The average molecular weight is 282 g/mol. The highest BCUT2D eigenvalue weighted by molar-refractivity contribution is 7.89. The highest BCUT2D eigenvalue weighted by Gasteiger charge is 2.22. The zero-order chi connectivity index (χ0) is 12.6. The van der Waals surface area contributed by atoms with Gasteiger partial charge in [0.1, 0.15) is 0 Å². The van der Waals surface area contributed by atoms with E-state index in [1.54, 1.807) is 20.8 Å². The second-order valence-corrected chi connectivity index (χ2v) is 7.02. The van der Waals surface area contributed by atoms with Crippen LogP contribution in [0.5, 0.6) is 0 Å². The van der Waals surface area contributed by atoms with Gasteiger partial charge in [0.05, 0.1) is 4.90 Å². The van der Waals surface area contributed by atoms with Crippen molar-refractivity contribution in [2.24, 2.45) is 0 Å². The number of hydrogen-bond donors (Lipinski definition) is 1. The van der Waals surface area contributed by atoms with Crippen LogP contribution in [0.3, 0.4) is 0 Å². The summed E-state index contributed by atoms with van der Waals surface area (Å²) in [5, 5.41) is 0.587. The summed E-state index contributed by atoms with van der Waals surface area (Å²) in [6.45, 7) is 5.28. The van der Waals surface area contributed by atoms with Gasteiger partial charge in [-0.1, -0.05) is 23.2 Å². The van der Waals surface area contributed by atoms with E-state index in [9.17, 15) is 8.42 Å². The highest BCUT2D eigenvalue weighted by Crippen LogP contribution is 2.23. The van der Waals surface area contributed by atoms with Crippen LogP contribution in [0, 0.1) is 0 Å². The minimum atomic E-state index is -3.58. The number of hydrogen-bond acceptors (Lipinski definition) is 2. The Morgan fingerprint density at radius 2 is 1.50 bits per heavy atom. The zero-order valence-electron chi connectivity index (χ0n) is 9.21. The summed E-state index contributed by atoms with van der Waals surface area (Å²) in [6, 6.07) is 4.21. The number of nitrogens with one attached hydrogen (secondary N) is 1. The van der Waals surface area contributed by atoms with E-state index >= 15 is 0 Å². The first-order valence-corrected chi connectivity index (χ1v) is 6.84. The number of rotatable bonds is 2. The van der Waals surface area contributed by atoms with Crippen molar-refractivity contribution in [1.29, 1.82) is 0 Å². The molecule has 0 saturated carbocycles. The molecule has 3 nitrogen and oxygen atoms in total. The van der Waals surface area contributed by atoms with E-state index in [0.29, 0.717) is 10.0 Å². The van der Waals surface area contributed by atoms with Crippen LogP contribution in [-0.4, -0.2) is 14.0 Å². The molecular formula is C10H13Cl2NO2S. The summed E-state index contributed by atoms with van der Waals surface area (Å²) in [5.74, 6) is 0. The number of halogens is 2. The maximum atomic E-state index is 11.9. The Hall–Kier alpha value is -0.290. The second kappa shape index (κ2) is 4.53. The van der Waals surface area contributed by atoms with Crippen LogP contribution in [0.2, 0.25) is 10.0 Å². The largest absolute Gasteiger partial charge is 0.241 e. The Morgan fingerprint density at radius 3 is 1.88 bits per heavy atom. The third kappa shape index (κ3) is 3.94. The minimum Gasteiger partial charge on any atom is -0.207 e.